The number of fused-ring (bicyclic) bond motifs is 3. The monoisotopic (exact) mass is 500 g/mol. The van der Waals surface area contributed by atoms with E-state index in [1.807, 2.05) is 6.92 Å². The second kappa shape index (κ2) is 12.2. The molecule has 0 spiro atoms. The highest BCUT2D eigenvalue weighted by molar-refractivity contribution is 5.97. The molecule has 3 rings (SSSR count). The van der Waals surface area contributed by atoms with Crippen LogP contribution in [0.25, 0.3) is 0 Å². The topological polar surface area (TPSA) is 125 Å². The van der Waals surface area contributed by atoms with Crippen molar-refractivity contribution in [2.24, 2.45) is 5.92 Å². The van der Waals surface area contributed by atoms with Gasteiger partial charge in [0.25, 0.3) is 0 Å². The van der Waals surface area contributed by atoms with E-state index in [0.717, 1.165) is 0 Å². The summed E-state index contributed by atoms with van der Waals surface area (Å²) in [6.45, 7) is 6.22. The predicted octanol–water partition coefficient (Wildman–Crippen LogP) is 1.97. The number of ether oxygens (including phenoxy) is 2. The number of aliphatic hydroxyl groups is 2. The van der Waals surface area contributed by atoms with Gasteiger partial charge in [0.1, 0.15) is 18.5 Å². The van der Waals surface area contributed by atoms with Crippen LogP contribution in [-0.4, -0.2) is 78.3 Å². The molecule has 0 fully saturated rings. The third kappa shape index (κ3) is 5.63. The van der Waals surface area contributed by atoms with Crippen LogP contribution < -0.4 is 14.8 Å². The van der Waals surface area contributed by atoms with E-state index in [0.29, 0.717) is 59.8 Å². The fraction of sp³-hybridized carbons (Fsp3) is 0.519. The summed E-state index contributed by atoms with van der Waals surface area (Å²) < 4.78 is 11.6. The number of aldehydes is 1. The van der Waals surface area contributed by atoms with Crippen molar-refractivity contribution in [2.45, 2.75) is 57.8 Å². The minimum Gasteiger partial charge on any atom is -0.493 e. The summed E-state index contributed by atoms with van der Waals surface area (Å²) in [4.78, 5) is 39.6. The zero-order valence-electron chi connectivity index (χ0n) is 21.3. The largest absolute Gasteiger partial charge is 0.493 e. The lowest BCUT2D eigenvalue weighted by atomic mass is 9.77. The van der Waals surface area contributed by atoms with E-state index in [2.05, 4.69) is 19.2 Å². The van der Waals surface area contributed by atoms with Gasteiger partial charge in [-0.2, -0.15) is 0 Å². The smallest absolute Gasteiger partial charge is 0.247 e. The number of rotatable bonds is 11. The molecule has 3 N–H and O–H groups in total. The maximum atomic E-state index is 13.3. The SMILES string of the molecule is CCC=CC(=O)N(CCC(C)C)[C@@H]1C=C(C(=O)NCCO)[C@@H]2c3cc(C=O)cc(OC)c3O[C@@H]2[C@H]1O. The van der Waals surface area contributed by atoms with Crippen LogP contribution in [0, 0.1) is 5.92 Å². The fourth-order valence-electron chi connectivity index (χ4n) is 4.68. The molecule has 9 nitrogen and oxygen atoms in total. The van der Waals surface area contributed by atoms with Crippen molar-refractivity contribution < 1.29 is 34.1 Å². The number of carbonyl (C=O) groups is 3. The summed E-state index contributed by atoms with van der Waals surface area (Å²) in [5.41, 5.74) is 1.20. The van der Waals surface area contributed by atoms with Gasteiger partial charge in [-0.15, -0.1) is 0 Å². The number of hydrogen-bond donors (Lipinski definition) is 3. The highest BCUT2D eigenvalue weighted by Crippen LogP contribution is 2.51. The molecule has 0 unspecified atom stereocenters. The number of amides is 2. The summed E-state index contributed by atoms with van der Waals surface area (Å²) in [6, 6.07) is 2.34. The van der Waals surface area contributed by atoms with Gasteiger partial charge < -0.3 is 29.9 Å². The number of allylic oxidation sites excluding steroid dienone is 1. The Labute approximate surface area is 211 Å². The Morgan fingerprint density at radius 2 is 2.06 bits per heavy atom. The van der Waals surface area contributed by atoms with Gasteiger partial charge in [-0.1, -0.05) is 26.8 Å². The summed E-state index contributed by atoms with van der Waals surface area (Å²) in [5, 5.41) is 23.4. The van der Waals surface area contributed by atoms with Gasteiger partial charge in [-0.05, 0) is 43.0 Å². The molecule has 0 bridgehead atoms. The molecule has 1 aliphatic carbocycles. The van der Waals surface area contributed by atoms with Crippen molar-refractivity contribution in [3.8, 4) is 11.5 Å². The van der Waals surface area contributed by atoms with Crippen LogP contribution in [0.2, 0.25) is 0 Å². The van der Waals surface area contributed by atoms with Gasteiger partial charge in [0.2, 0.25) is 11.8 Å². The lowest BCUT2D eigenvalue weighted by Gasteiger charge is -2.40. The molecule has 1 aliphatic heterocycles. The number of methoxy groups -OCH3 is 1. The van der Waals surface area contributed by atoms with Crippen LogP contribution >= 0.6 is 0 Å². The first-order valence-corrected chi connectivity index (χ1v) is 12.4. The average molecular weight is 501 g/mol. The zero-order chi connectivity index (χ0) is 26.4. The molecule has 1 aromatic rings. The van der Waals surface area contributed by atoms with E-state index in [9.17, 15) is 24.6 Å². The second-order valence-corrected chi connectivity index (χ2v) is 9.43. The maximum Gasteiger partial charge on any atom is 0.247 e. The summed E-state index contributed by atoms with van der Waals surface area (Å²) in [5.74, 6) is -0.401. The van der Waals surface area contributed by atoms with Gasteiger partial charge in [0.05, 0.1) is 25.7 Å². The molecule has 0 saturated carbocycles. The number of nitrogens with zero attached hydrogens (tertiary/aromatic N) is 1. The third-order valence-corrected chi connectivity index (χ3v) is 6.50. The predicted molar refractivity (Wildman–Crippen MR) is 134 cm³/mol. The zero-order valence-corrected chi connectivity index (χ0v) is 21.3. The fourth-order valence-corrected chi connectivity index (χ4v) is 4.68. The number of nitrogens with one attached hydrogen (secondary N) is 1. The highest BCUT2D eigenvalue weighted by atomic mass is 16.5. The lowest BCUT2D eigenvalue weighted by molar-refractivity contribution is -0.132. The minimum absolute atomic E-state index is 0.0431. The van der Waals surface area contributed by atoms with E-state index >= 15 is 0 Å². The van der Waals surface area contributed by atoms with E-state index in [1.54, 1.807) is 23.1 Å². The first-order valence-electron chi connectivity index (χ1n) is 12.4. The minimum atomic E-state index is -1.15. The summed E-state index contributed by atoms with van der Waals surface area (Å²) in [6.07, 6.45) is 4.91. The van der Waals surface area contributed by atoms with Crippen molar-refractivity contribution >= 4 is 18.1 Å². The van der Waals surface area contributed by atoms with Crippen LogP contribution in [0.4, 0.5) is 0 Å². The van der Waals surface area contributed by atoms with Crippen LogP contribution in [0.15, 0.2) is 35.9 Å². The first-order chi connectivity index (χ1) is 17.3. The molecule has 0 radical (unpaired) electrons. The molecule has 2 aliphatic rings. The second-order valence-electron chi connectivity index (χ2n) is 9.43. The molecule has 196 valence electrons. The molecule has 4 atom stereocenters. The number of benzene rings is 1. The van der Waals surface area contributed by atoms with E-state index in [4.69, 9.17) is 9.47 Å². The van der Waals surface area contributed by atoms with Crippen molar-refractivity contribution in [1.82, 2.24) is 10.2 Å². The Morgan fingerprint density at radius 3 is 2.67 bits per heavy atom. The molecule has 0 saturated heterocycles. The Balaban J connectivity index is 2.12. The normalized spacial score (nSPS) is 22.5. The van der Waals surface area contributed by atoms with Crippen LogP contribution in [0.1, 0.15) is 55.5 Å². The number of hydrogen-bond acceptors (Lipinski definition) is 7. The number of aliphatic hydroxyl groups excluding tert-OH is 2. The number of carbonyl (C=O) groups excluding carboxylic acids is 3. The Kier molecular flexibility index (Phi) is 9.28. The van der Waals surface area contributed by atoms with Crippen molar-refractivity contribution in [3.63, 3.8) is 0 Å². The van der Waals surface area contributed by atoms with Gasteiger partial charge in [0.15, 0.2) is 11.5 Å². The highest BCUT2D eigenvalue weighted by Gasteiger charge is 2.51. The van der Waals surface area contributed by atoms with Gasteiger partial charge in [-0.3, -0.25) is 14.4 Å². The molecule has 0 aromatic heterocycles. The lowest BCUT2D eigenvalue weighted by Crippen LogP contribution is -2.55. The average Bonchev–Trinajstić information content (AvgIpc) is 3.26. The van der Waals surface area contributed by atoms with Crippen molar-refractivity contribution in [3.05, 3.63) is 47.1 Å². The molecule has 36 heavy (non-hydrogen) atoms. The van der Waals surface area contributed by atoms with Crippen molar-refractivity contribution in [2.75, 3.05) is 26.8 Å². The Morgan fingerprint density at radius 1 is 1.31 bits per heavy atom. The maximum absolute atomic E-state index is 13.3. The standard InChI is InChI=1S/C27H36N2O7/c1-5-6-7-22(32)29(10-8-16(2)3)20-14-19(27(34)28-9-11-30)23-18-12-17(15-31)13-21(35-4)25(18)36-26(23)24(20)33/h6-7,12-16,20,23-24,26,30,33H,5,8-11H2,1-4H3,(H,28,34)/t20-,23+,24+,26+/m1/s1. The van der Waals surface area contributed by atoms with Crippen LogP contribution in [0.5, 0.6) is 11.5 Å². The molecule has 9 heteroatoms. The first kappa shape index (κ1) is 27.4. The molecular formula is C27H36N2O7. The Bertz CT molecular complexity index is 1030. The summed E-state index contributed by atoms with van der Waals surface area (Å²) in [7, 11) is 1.45. The third-order valence-electron chi connectivity index (χ3n) is 6.50. The van der Waals surface area contributed by atoms with E-state index < -0.39 is 30.1 Å². The van der Waals surface area contributed by atoms with Crippen LogP contribution in [0.3, 0.4) is 0 Å². The van der Waals surface area contributed by atoms with Crippen molar-refractivity contribution in [1.29, 1.82) is 0 Å². The summed E-state index contributed by atoms with van der Waals surface area (Å²) >= 11 is 0. The quantitative estimate of drug-likeness (QED) is 0.313. The van der Waals surface area contributed by atoms with E-state index in [1.165, 1.54) is 19.3 Å². The molecular weight excluding hydrogens is 464 g/mol. The van der Waals surface area contributed by atoms with Gasteiger partial charge in [0, 0.05) is 29.8 Å². The van der Waals surface area contributed by atoms with Gasteiger partial charge >= 0.3 is 0 Å². The Hall–Kier alpha value is -3.17. The van der Waals surface area contributed by atoms with Gasteiger partial charge in [-0.25, -0.2) is 0 Å². The molecule has 1 heterocycles. The molecule has 2 amide bonds. The van der Waals surface area contributed by atoms with E-state index in [-0.39, 0.29) is 19.1 Å². The van der Waals surface area contributed by atoms with Crippen LogP contribution in [-0.2, 0) is 9.59 Å². The molecule has 1 aromatic carbocycles.